The van der Waals surface area contributed by atoms with Crippen LogP contribution in [0.1, 0.15) is 45.0 Å². The minimum absolute atomic E-state index is 0.111. The molecule has 9 heteroatoms. The lowest BCUT2D eigenvalue weighted by molar-refractivity contribution is -0.120. The summed E-state index contributed by atoms with van der Waals surface area (Å²) in [5, 5.41) is 11.9. The summed E-state index contributed by atoms with van der Waals surface area (Å²) < 4.78 is 25.5. The van der Waals surface area contributed by atoms with Gasteiger partial charge in [0.05, 0.1) is 5.75 Å². The van der Waals surface area contributed by atoms with Crippen LogP contribution in [0, 0.1) is 5.92 Å². The van der Waals surface area contributed by atoms with Gasteiger partial charge in [-0.3, -0.25) is 10.1 Å². The van der Waals surface area contributed by atoms with E-state index in [2.05, 4.69) is 15.5 Å². The van der Waals surface area contributed by atoms with Gasteiger partial charge in [-0.15, -0.1) is 10.2 Å². The van der Waals surface area contributed by atoms with Crippen LogP contribution in [-0.2, 0) is 14.8 Å². The van der Waals surface area contributed by atoms with Crippen LogP contribution in [0.2, 0.25) is 0 Å². The number of nitrogens with zero attached hydrogens (tertiary/aromatic N) is 3. The number of sulfonamides is 1. The molecule has 1 aromatic rings. The van der Waals surface area contributed by atoms with Crippen molar-refractivity contribution in [1.82, 2.24) is 14.5 Å². The normalized spacial score (nSPS) is 19.7. The van der Waals surface area contributed by atoms with Crippen molar-refractivity contribution >= 4 is 32.4 Å². The molecular formula is C13H22N4O3S2. The second-order valence-corrected chi connectivity index (χ2v) is 9.11. The molecule has 1 aliphatic rings. The molecule has 0 aliphatic carbocycles. The first-order valence-corrected chi connectivity index (χ1v) is 9.78. The number of hydrogen-bond acceptors (Lipinski definition) is 6. The molecule has 0 radical (unpaired) electrons. The highest BCUT2D eigenvalue weighted by molar-refractivity contribution is 7.89. The van der Waals surface area contributed by atoms with Crippen molar-refractivity contribution < 1.29 is 13.2 Å². The first-order valence-electron chi connectivity index (χ1n) is 7.36. The number of nitrogens with one attached hydrogen (secondary N) is 1. The second kappa shape index (κ2) is 6.59. The lowest BCUT2D eigenvalue weighted by Gasteiger charge is -2.27. The van der Waals surface area contributed by atoms with E-state index in [9.17, 15) is 13.2 Å². The van der Waals surface area contributed by atoms with Crippen molar-refractivity contribution in [3.05, 3.63) is 5.01 Å². The maximum atomic E-state index is 12.5. The molecule has 2 heterocycles. The molecule has 1 atom stereocenters. The molecule has 0 saturated carbocycles. The molecule has 0 bridgehead atoms. The molecule has 0 aromatic carbocycles. The molecule has 22 heavy (non-hydrogen) atoms. The lowest BCUT2D eigenvalue weighted by Crippen LogP contribution is -2.48. The number of hydrogen-bond donors (Lipinski definition) is 1. The Labute approximate surface area is 135 Å². The molecular weight excluding hydrogens is 324 g/mol. The van der Waals surface area contributed by atoms with E-state index in [4.69, 9.17) is 0 Å². The van der Waals surface area contributed by atoms with Crippen molar-refractivity contribution in [2.75, 3.05) is 17.6 Å². The van der Waals surface area contributed by atoms with E-state index in [0.717, 1.165) is 5.01 Å². The molecule has 1 saturated heterocycles. The Morgan fingerprint density at radius 1 is 1.27 bits per heavy atom. The summed E-state index contributed by atoms with van der Waals surface area (Å²) in [7, 11) is -3.34. The van der Waals surface area contributed by atoms with Gasteiger partial charge in [0.25, 0.3) is 0 Å². The molecule has 1 N–H and O–H groups in total. The molecule has 124 valence electrons. The molecule has 2 rings (SSSR count). The zero-order valence-corrected chi connectivity index (χ0v) is 14.9. The smallest absolute Gasteiger partial charge is 0.244 e. The van der Waals surface area contributed by atoms with Crippen LogP contribution in [0.3, 0.4) is 0 Å². The van der Waals surface area contributed by atoms with Gasteiger partial charge in [-0.05, 0) is 12.3 Å². The summed E-state index contributed by atoms with van der Waals surface area (Å²) in [5.74, 6) is -0.111. The van der Waals surface area contributed by atoms with Crippen LogP contribution in [0.5, 0.6) is 0 Å². The molecule has 7 nitrogen and oxygen atoms in total. The van der Waals surface area contributed by atoms with Crippen LogP contribution in [0.15, 0.2) is 0 Å². The SMILES string of the molecule is CC(C)c1nnc(NC(=O)C(C(C)C)N2CCCS2(=O)=O)s1. The van der Waals surface area contributed by atoms with Gasteiger partial charge in [0, 0.05) is 12.5 Å². The van der Waals surface area contributed by atoms with Gasteiger partial charge in [0.15, 0.2) is 0 Å². The molecule has 1 aliphatic heterocycles. The fourth-order valence-electron chi connectivity index (χ4n) is 2.44. The van der Waals surface area contributed by atoms with Gasteiger partial charge in [0.1, 0.15) is 11.0 Å². The van der Waals surface area contributed by atoms with Crippen molar-refractivity contribution in [3.8, 4) is 0 Å². The standard InChI is InChI=1S/C13H22N4O3S2/c1-8(2)10(17-6-5-7-22(17,19)20)11(18)14-13-16-15-12(21-13)9(3)4/h8-10H,5-7H2,1-4H3,(H,14,16,18). The van der Waals surface area contributed by atoms with E-state index < -0.39 is 16.1 Å². The van der Waals surface area contributed by atoms with Crippen LogP contribution in [0.25, 0.3) is 0 Å². The number of carbonyl (C=O) groups is 1. The Morgan fingerprint density at radius 2 is 1.95 bits per heavy atom. The number of amides is 1. The largest absolute Gasteiger partial charge is 0.299 e. The highest BCUT2D eigenvalue weighted by atomic mass is 32.2. The average Bonchev–Trinajstić information content (AvgIpc) is 2.97. The molecule has 1 fully saturated rings. The van der Waals surface area contributed by atoms with Crippen molar-refractivity contribution in [2.45, 2.75) is 46.1 Å². The molecule has 1 amide bonds. The van der Waals surface area contributed by atoms with Crippen LogP contribution in [-0.4, -0.2) is 47.2 Å². The van der Waals surface area contributed by atoms with E-state index in [1.807, 2.05) is 27.7 Å². The van der Waals surface area contributed by atoms with E-state index in [0.29, 0.717) is 18.1 Å². The lowest BCUT2D eigenvalue weighted by atomic mass is 10.0. The van der Waals surface area contributed by atoms with E-state index in [1.165, 1.54) is 15.6 Å². The number of rotatable bonds is 5. The minimum atomic E-state index is -3.34. The maximum Gasteiger partial charge on any atom is 0.244 e. The van der Waals surface area contributed by atoms with Crippen molar-refractivity contribution in [3.63, 3.8) is 0 Å². The second-order valence-electron chi connectivity index (χ2n) is 6.06. The first-order chi connectivity index (χ1) is 10.2. The molecule has 0 spiro atoms. The third-order valence-corrected chi connectivity index (χ3v) is 6.58. The van der Waals surface area contributed by atoms with Gasteiger partial charge in [0.2, 0.25) is 21.1 Å². The fraction of sp³-hybridized carbons (Fsp3) is 0.769. The predicted molar refractivity (Wildman–Crippen MR) is 86.4 cm³/mol. The van der Waals surface area contributed by atoms with E-state index in [1.54, 1.807) is 0 Å². The number of carbonyl (C=O) groups excluding carboxylic acids is 1. The average molecular weight is 346 g/mol. The summed E-state index contributed by atoms with van der Waals surface area (Å²) >= 11 is 1.32. The van der Waals surface area contributed by atoms with Crippen molar-refractivity contribution in [1.29, 1.82) is 0 Å². The Morgan fingerprint density at radius 3 is 2.41 bits per heavy atom. The molecule has 1 aromatic heterocycles. The highest BCUT2D eigenvalue weighted by Crippen LogP contribution is 2.25. The fourth-order valence-corrected chi connectivity index (χ4v) is 5.00. The Bertz CT molecular complexity index is 639. The van der Waals surface area contributed by atoms with Gasteiger partial charge < -0.3 is 0 Å². The third kappa shape index (κ3) is 3.64. The summed E-state index contributed by atoms with van der Waals surface area (Å²) in [6.45, 7) is 8.08. The van der Waals surface area contributed by atoms with Crippen LogP contribution >= 0.6 is 11.3 Å². The topological polar surface area (TPSA) is 92.3 Å². The summed E-state index contributed by atoms with van der Waals surface area (Å²) in [5.41, 5.74) is 0. The first kappa shape index (κ1) is 17.3. The van der Waals surface area contributed by atoms with E-state index >= 15 is 0 Å². The Kier molecular flexibility index (Phi) is 5.18. The zero-order valence-electron chi connectivity index (χ0n) is 13.2. The van der Waals surface area contributed by atoms with Gasteiger partial charge >= 0.3 is 0 Å². The number of anilines is 1. The third-order valence-electron chi connectivity index (χ3n) is 3.51. The summed E-state index contributed by atoms with van der Waals surface area (Å²) in [6, 6.07) is -0.709. The van der Waals surface area contributed by atoms with Gasteiger partial charge in [-0.2, -0.15) is 4.31 Å². The Balaban J connectivity index is 2.16. The van der Waals surface area contributed by atoms with Gasteiger partial charge in [-0.25, -0.2) is 8.42 Å². The predicted octanol–water partition coefficient (Wildman–Crippen LogP) is 1.66. The number of aromatic nitrogens is 2. The Hall–Kier alpha value is -1.06. The maximum absolute atomic E-state index is 12.5. The monoisotopic (exact) mass is 346 g/mol. The molecule has 1 unspecified atom stereocenters. The van der Waals surface area contributed by atoms with Gasteiger partial charge in [-0.1, -0.05) is 39.0 Å². The van der Waals surface area contributed by atoms with E-state index in [-0.39, 0.29) is 23.5 Å². The highest BCUT2D eigenvalue weighted by Gasteiger charge is 2.40. The van der Waals surface area contributed by atoms with Crippen molar-refractivity contribution in [2.24, 2.45) is 5.92 Å². The zero-order chi connectivity index (χ0) is 16.5. The summed E-state index contributed by atoms with van der Waals surface area (Å²) in [6.07, 6.45) is 0.565. The summed E-state index contributed by atoms with van der Waals surface area (Å²) in [4.78, 5) is 12.5. The quantitative estimate of drug-likeness (QED) is 0.875. The van der Waals surface area contributed by atoms with Crippen LogP contribution in [0.4, 0.5) is 5.13 Å². The minimum Gasteiger partial charge on any atom is -0.299 e. The van der Waals surface area contributed by atoms with Crippen LogP contribution < -0.4 is 5.32 Å².